The Morgan fingerprint density at radius 3 is 2.00 bits per heavy atom. The van der Waals surface area contributed by atoms with Crippen LogP contribution in [0.15, 0.2) is 6.07 Å². The van der Waals surface area contributed by atoms with Crippen LogP contribution >= 0.6 is 0 Å². The molecule has 0 bridgehead atoms. The minimum absolute atomic E-state index is 0.0787. The summed E-state index contributed by atoms with van der Waals surface area (Å²) in [5.41, 5.74) is 4.63. The lowest BCUT2D eigenvalue weighted by Gasteiger charge is -2.12. The van der Waals surface area contributed by atoms with Gasteiger partial charge >= 0.3 is 6.18 Å². The minimum atomic E-state index is -4.35. The largest absolute Gasteiger partial charge is 0.418 e. The molecule has 2 N–H and O–H groups in total. The van der Waals surface area contributed by atoms with Gasteiger partial charge in [-0.25, -0.2) is 4.98 Å². The molecule has 1 rings (SSSR count). The van der Waals surface area contributed by atoms with Crippen molar-refractivity contribution in [1.82, 2.24) is 4.98 Å². The number of rotatable bonds is 0. The monoisotopic (exact) mass is 220 g/mol. The fourth-order valence-corrected chi connectivity index (χ4v) is 1.29. The molecule has 0 unspecified atom stereocenters. The molecule has 15 heavy (non-hydrogen) atoms. The van der Waals surface area contributed by atoms with Crippen LogP contribution in [0.4, 0.5) is 19.0 Å². The molecule has 0 spiro atoms. The number of nitrogens with zero attached hydrogens (tertiary/aromatic N) is 1. The van der Waals surface area contributed by atoms with Gasteiger partial charge in [-0.05, 0) is 25.5 Å². The zero-order valence-corrected chi connectivity index (χ0v) is 9.24. The predicted octanol–water partition coefficient (Wildman–Crippen LogP) is 3.33. The summed E-state index contributed by atoms with van der Waals surface area (Å²) in [4.78, 5) is 3.56. The molecule has 0 aliphatic rings. The molecule has 2 nitrogen and oxygen atoms in total. The lowest BCUT2D eigenvalue weighted by atomic mass is 10.1. The first-order valence-corrected chi connectivity index (χ1v) is 4.63. The Kier molecular flexibility index (Phi) is 4.58. The third-order valence-electron chi connectivity index (χ3n) is 1.70. The maximum atomic E-state index is 12.4. The van der Waals surface area contributed by atoms with Crippen LogP contribution in [0.2, 0.25) is 0 Å². The van der Waals surface area contributed by atoms with Gasteiger partial charge in [0.25, 0.3) is 0 Å². The number of hydrogen-bond donors (Lipinski definition) is 1. The van der Waals surface area contributed by atoms with Gasteiger partial charge in [0.15, 0.2) is 0 Å². The molecule has 0 radical (unpaired) electrons. The van der Waals surface area contributed by atoms with Crippen molar-refractivity contribution in [2.45, 2.75) is 33.9 Å². The Morgan fingerprint density at radius 1 is 1.20 bits per heavy atom. The summed E-state index contributed by atoms with van der Waals surface area (Å²) >= 11 is 0. The molecule has 0 fully saturated rings. The van der Waals surface area contributed by atoms with Crippen molar-refractivity contribution in [3.8, 4) is 0 Å². The average Bonchev–Trinajstić information content (AvgIpc) is 2.02. The van der Waals surface area contributed by atoms with Gasteiger partial charge in [-0.2, -0.15) is 13.2 Å². The summed E-state index contributed by atoms with van der Waals surface area (Å²) in [6, 6.07) is 1.22. The third-order valence-corrected chi connectivity index (χ3v) is 1.70. The number of aryl methyl sites for hydroxylation is 2. The smallest absolute Gasteiger partial charge is 0.384 e. The zero-order chi connectivity index (χ0) is 12.2. The highest BCUT2D eigenvalue weighted by molar-refractivity contribution is 5.41. The second-order valence-electron chi connectivity index (χ2n) is 2.82. The van der Waals surface area contributed by atoms with Crippen LogP contribution in [-0.4, -0.2) is 4.98 Å². The van der Waals surface area contributed by atoms with Crippen LogP contribution in [-0.2, 0) is 6.18 Å². The van der Waals surface area contributed by atoms with Gasteiger partial charge in [0.05, 0.1) is 11.3 Å². The first-order chi connectivity index (χ1) is 6.82. The molecule has 1 heterocycles. The summed E-state index contributed by atoms with van der Waals surface area (Å²) in [7, 11) is 0. The zero-order valence-electron chi connectivity index (χ0n) is 9.24. The van der Waals surface area contributed by atoms with Gasteiger partial charge in [-0.15, -0.1) is 0 Å². The minimum Gasteiger partial charge on any atom is -0.384 e. The number of hydrogen-bond acceptors (Lipinski definition) is 2. The highest BCUT2D eigenvalue weighted by Gasteiger charge is 2.34. The van der Waals surface area contributed by atoms with Crippen LogP contribution in [0, 0.1) is 13.8 Å². The Morgan fingerprint density at radius 2 is 1.67 bits per heavy atom. The molecule has 0 aliphatic heterocycles. The molecule has 1 aromatic rings. The average molecular weight is 220 g/mol. The van der Waals surface area contributed by atoms with E-state index in [0.29, 0.717) is 0 Å². The van der Waals surface area contributed by atoms with E-state index in [9.17, 15) is 13.2 Å². The second kappa shape index (κ2) is 5.00. The fraction of sp³-hybridized carbons (Fsp3) is 0.500. The molecule has 5 heteroatoms. The van der Waals surface area contributed by atoms with Gasteiger partial charge in [0.1, 0.15) is 5.82 Å². The molecule has 0 aliphatic carbocycles. The van der Waals surface area contributed by atoms with Crippen molar-refractivity contribution in [2.24, 2.45) is 0 Å². The Bertz CT molecular complexity index is 309. The van der Waals surface area contributed by atoms with Crippen LogP contribution in [0.25, 0.3) is 0 Å². The van der Waals surface area contributed by atoms with E-state index in [0.717, 1.165) is 0 Å². The van der Waals surface area contributed by atoms with Crippen molar-refractivity contribution in [2.75, 3.05) is 5.73 Å². The molecular formula is C10H15F3N2. The van der Waals surface area contributed by atoms with E-state index in [1.807, 2.05) is 13.8 Å². The Balaban J connectivity index is 0.000000921. The third kappa shape index (κ3) is 3.42. The molecule has 1 aromatic heterocycles. The van der Waals surface area contributed by atoms with E-state index in [-0.39, 0.29) is 17.1 Å². The number of anilines is 1. The summed E-state index contributed by atoms with van der Waals surface area (Å²) in [5, 5.41) is 0. The number of aromatic nitrogens is 1. The predicted molar refractivity (Wildman–Crippen MR) is 54.5 cm³/mol. The first-order valence-electron chi connectivity index (χ1n) is 4.63. The Hall–Kier alpha value is -1.26. The summed E-state index contributed by atoms with van der Waals surface area (Å²) in [5.74, 6) is 0.114. The van der Waals surface area contributed by atoms with Crippen molar-refractivity contribution >= 4 is 5.82 Å². The maximum absolute atomic E-state index is 12.4. The van der Waals surface area contributed by atoms with Crippen molar-refractivity contribution < 1.29 is 13.2 Å². The first kappa shape index (κ1) is 13.7. The van der Waals surface area contributed by atoms with Gasteiger partial charge in [-0.1, -0.05) is 13.8 Å². The molecule has 86 valence electrons. The van der Waals surface area contributed by atoms with Crippen molar-refractivity contribution in [3.63, 3.8) is 0 Å². The maximum Gasteiger partial charge on any atom is 0.418 e. The normalized spacial score (nSPS) is 10.6. The van der Waals surface area contributed by atoms with Crippen LogP contribution in [0.5, 0.6) is 0 Å². The molecule has 0 amide bonds. The SMILES string of the molecule is CC.Cc1cc(N)nc(C)c1C(F)(F)F. The summed E-state index contributed by atoms with van der Waals surface area (Å²) in [6.45, 7) is 6.67. The van der Waals surface area contributed by atoms with Gasteiger partial charge in [0, 0.05) is 0 Å². The second-order valence-corrected chi connectivity index (χ2v) is 2.82. The van der Waals surface area contributed by atoms with E-state index in [2.05, 4.69) is 4.98 Å². The van der Waals surface area contributed by atoms with E-state index in [1.165, 1.54) is 19.9 Å². The van der Waals surface area contributed by atoms with Crippen molar-refractivity contribution in [3.05, 3.63) is 22.9 Å². The highest BCUT2D eigenvalue weighted by Crippen LogP contribution is 2.33. The lowest BCUT2D eigenvalue weighted by Crippen LogP contribution is -2.12. The topological polar surface area (TPSA) is 38.9 Å². The van der Waals surface area contributed by atoms with Crippen LogP contribution < -0.4 is 5.73 Å². The van der Waals surface area contributed by atoms with E-state index >= 15 is 0 Å². The van der Waals surface area contributed by atoms with Gasteiger partial charge in [-0.3, -0.25) is 0 Å². The van der Waals surface area contributed by atoms with E-state index < -0.39 is 11.7 Å². The van der Waals surface area contributed by atoms with E-state index in [4.69, 9.17) is 5.73 Å². The van der Waals surface area contributed by atoms with Gasteiger partial charge < -0.3 is 5.73 Å². The summed E-state index contributed by atoms with van der Waals surface area (Å²) < 4.78 is 37.1. The standard InChI is InChI=1S/C8H9F3N2.C2H6/c1-4-3-6(12)13-5(2)7(4)8(9,10)11;1-2/h3H,1-2H3,(H2,12,13);1-2H3. The highest BCUT2D eigenvalue weighted by atomic mass is 19.4. The number of nitrogens with two attached hydrogens (primary N) is 1. The number of alkyl halides is 3. The van der Waals surface area contributed by atoms with Gasteiger partial charge in [0.2, 0.25) is 0 Å². The number of nitrogen functional groups attached to an aromatic ring is 1. The molecule has 0 saturated heterocycles. The fourth-order valence-electron chi connectivity index (χ4n) is 1.29. The molecule has 0 atom stereocenters. The molecule has 0 aromatic carbocycles. The molecule has 0 saturated carbocycles. The van der Waals surface area contributed by atoms with E-state index in [1.54, 1.807) is 0 Å². The number of pyridine rings is 1. The lowest BCUT2D eigenvalue weighted by molar-refractivity contribution is -0.138. The van der Waals surface area contributed by atoms with Crippen molar-refractivity contribution in [1.29, 1.82) is 0 Å². The summed E-state index contributed by atoms with van der Waals surface area (Å²) in [6.07, 6.45) is -4.35. The Labute approximate surface area is 87.3 Å². The molecular weight excluding hydrogens is 205 g/mol. The number of halogens is 3. The van der Waals surface area contributed by atoms with Crippen LogP contribution in [0.3, 0.4) is 0 Å². The quantitative estimate of drug-likeness (QED) is 0.728. The van der Waals surface area contributed by atoms with Crippen LogP contribution in [0.1, 0.15) is 30.7 Å².